The van der Waals surface area contributed by atoms with Gasteiger partial charge in [0.25, 0.3) is 0 Å². The highest BCUT2D eigenvalue weighted by Gasteiger charge is 2.67. The molecule has 0 radical (unpaired) electrons. The standard InChI is InChI=1S/C34H30ClFN2O6S/c1-3-44-27-13-17(6-11-26(27)39)29-20-8-9-21-28(32(42)37(30(21)40)16-19-5-4-12-45-19)22(20)15-23-31(41)38(33(43)34(23,29)2)18-7-10-25(36)24(35)14-18/h4-8,10-14,21-23,28-29,39H,3,9,15-16H2,1-2H3. The third-order valence-electron chi connectivity index (χ3n) is 10.0. The number of anilines is 1. The summed E-state index contributed by atoms with van der Waals surface area (Å²) in [7, 11) is 0. The summed E-state index contributed by atoms with van der Waals surface area (Å²) in [6.07, 6.45) is 2.49. The number of thiophene rings is 1. The van der Waals surface area contributed by atoms with E-state index in [0.29, 0.717) is 18.6 Å². The smallest absolute Gasteiger partial charge is 0.241 e. The van der Waals surface area contributed by atoms with Crippen LogP contribution in [-0.4, -0.2) is 40.2 Å². The van der Waals surface area contributed by atoms with Crippen molar-refractivity contribution in [3.05, 3.63) is 86.8 Å². The van der Waals surface area contributed by atoms with Crippen molar-refractivity contribution in [1.29, 1.82) is 0 Å². The van der Waals surface area contributed by atoms with Crippen molar-refractivity contribution in [3.63, 3.8) is 0 Å². The molecule has 2 aliphatic carbocycles. The fraction of sp³-hybridized carbons (Fsp3) is 0.353. The molecular weight excluding hydrogens is 619 g/mol. The number of fused-ring (bicyclic) bond motifs is 4. The molecule has 4 aliphatic rings. The quantitative estimate of drug-likeness (QED) is 0.257. The Morgan fingerprint density at radius 1 is 1.07 bits per heavy atom. The monoisotopic (exact) mass is 648 g/mol. The molecule has 6 atom stereocenters. The first kappa shape index (κ1) is 29.7. The number of aromatic hydroxyl groups is 1. The second-order valence-corrected chi connectivity index (χ2v) is 13.7. The van der Waals surface area contributed by atoms with Crippen LogP contribution in [0.4, 0.5) is 10.1 Å². The third kappa shape index (κ3) is 4.36. The number of halogens is 2. The van der Waals surface area contributed by atoms with Crippen molar-refractivity contribution in [2.45, 2.75) is 39.2 Å². The summed E-state index contributed by atoms with van der Waals surface area (Å²) < 4.78 is 19.8. The van der Waals surface area contributed by atoms with Gasteiger partial charge < -0.3 is 9.84 Å². The van der Waals surface area contributed by atoms with Crippen LogP contribution in [0.5, 0.6) is 11.5 Å². The van der Waals surface area contributed by atoms with Crippen molar-refractivity contribution in [1.82, 2.24) is 4.90 Å². The van der Waals surface area contributed by atoms with Crippen molar-refractivity contribution in [2.75, 3.05) is 11.5 Å². The van der Waals surface area contributed by atoms with Crippen molar-refractivity contribution in [2.24, 2.45) is 29.1 Å². The number of rotatable bonds is 6. The highest BCUT2D eigenvalue weighted by molar-refractivity contribution is 7.09. The van der Waals surface area contributed by atoms with E-state index in [4.69, 9.17) is 16.3 Å². The summed E-state index contributed by atoms with van der Waals surface area (Å²) in [6.45, 7) is 4.04. The van der Waals surface area contributed by atoms with Gasteiger partial charge in [-0.15, -0.1) is 11.3 Å². The predicted molar refractivity (Wildman–Crippen MR) is 165 cm³/mol. The maximum atomic E-state index is 14.5. The average molecular weight is 649 g/mol. The molecule has 1 N–H and O–H groups in total. The van der Waals surface area contributed by atoms with Gasteiger partial charge in [-0.05, 0) is 79.9 Å². The number of carbonyl (C=O) groups is 4. The van der Waals surface area contributed by atoms with Gasteiger partial charge in [-0.1, -0.05) is 35.4 Å². The minimum Gasteiger partial charge on any atom is -0.504 e. The SMILES string of the molecule is CCOc1cc(C2C3=CCC4C(=O)N(Cc5cccs5)C(=O)C4C3CC3C(=O)N(c4ccc(F)c(Cl)c4)C(=O)C32C)ccc1O. The van der Waals surface area contributed by atoms with Gasteiger partial charge in [-0.25, -0.2) is 9.29 Å². The lowest BCUT2D eigenvalue weighted by atomic mass is 9.51. The van der Waals surface area contributed by atoms with Crippen LogP contribution >= 0.6 is 22.9 Å². The van der Waals surface area contributed by atoms with Gasteiger partial charge in [0.15, 0.2) is 11.5 Å². The highest BCUT2D eigenvalue weighted by Crippen LogP contribution is 2.64. The number of phenols is 1. The van der Waals surface area contributed by atoms with Gasteiger partial charge in [0, 0.05) is 10.8 Å². The predicted octanol–water partition coefficient (Wildman–Crippen LogP) is 6.08. The normalized spacial score (nSPS) is 29.1. The third-order valence-corrected chi connectivity index (χ3v) is 11.2. The Balaban J connectivity index is 1.36. The second-order valence-electron chi connectivity index (χ2n) is 12.3. The van der Waals surface area contributed by atoms with Gasteiger partial charge >= 0.3 is 0 Å². The van der Waals surface area contributed by atoms with Crippen molar-refractivity contribution < 1.29 is 33.4 Å². The first-order chi connectivity index (χ1) is 21.6. The first-order valence-corrected chi connectivity index (χ1v) is 16.2. The fourth-order valence-corrected chi connectivity index (χ4v) is 8.89. The number of nitrogens with zero attached hydrogens (tertiary/aromatic N) is 2. The van der Waals surface area contributed by atoms with Crippen molar-refractivity contribution in [3.8, 4) is 11.5 Å². The van der Waals surface area contributed by atoms with Crippen LogP contribution in [0.15, 0.2) is 65.6 Å². The van der Waals surface area contributed by atoms with E-state index in [1.807, 2.05) is 23.6 Å². The Morgan fingerprint density at radius 3 is 2.58 bits per heavy atom. The summed E-state index contributed by atoms with van der Waals surface area (Å²) in [5.74, 6) is -5.16. The molecule has 3 heterocycles. The maximum absolute atomic E-state index is 14.5. The van der Waals surface area contributed by atoms with Crippen LogP contribution in [0.1, 0.15) is 43.0 Å². The number of allylic oxidation sites excluding steroid dienone is 2. The number of hydrogen-bond donors (Lipinski definition) is 1. The van der Waals surface area contributed by atoms with E-state index >= 15 is 0 Å². The lowest BCUT2D eigenvalue weighted by Gasteiger charge is -2.49. The minimum absolute atomic E-state index is 0.0652. The zero-order valence-corrected chi connectivity index (χ0v) is 26.1. The van der Waals surface area contributed by atoms with Gasteiger partial charge in [-0.2, -0.15) is 0 Å². The van der Waals surface area contributed by atoms with E-state index in [1.54, 1.807) is 26.0 Å². The molecule has 0 spiro atoms. The van der Waals surface area contributed by atoms with Gasteiger partial charge in [0.05, 0.1) is 47.0 Å². The molecule has 11 heteroatoms. The fourth-order valence-electron chi connectivity index (χ4n) is 8.03. The Morgan fingerprint density at radius 2 is 1.87 bits per heavy atom. The Labute approximate surface area is 268 Å². The molecule has 1 aromatic heterocycles. The van der Waals surface area contributed by atoms with Gasteiger partial charge in [-0.3, -0.25) is 24.1 Å². The van der Waals surface area contributed by atoms with E-state index in [9.17, 15) is 28.7 Å². The lowest BCUT2D eigenvalue weighted by Crippen LogP contribution is -2.48. The first-order valence-electron chi connectivity index (χ1n) is 14.9. The largest absolute Gasteiger partial charge is 0.504 e. The number of hydrogen-bond acceptors (Lipinski definition) is 7. The van der Waals surface area contributed by atoms with E-state index < -0.39 is 52.6 Å². The van der Waals surface area contributed by atoms with Crippen LogP contribution in [0.2, 0.25) is 5.02 Å². The molecule has 7 rings (SSSR count). The van der Waals surface area contributed by atoms with Crippen LogP contribution in [0.25, 0.3) is 0 Å². The van der Waals surface area contributed by atoms with Crippen LogP contribution < -0.4 is 9.64 Å². The maximum Gasteiger partial charge on any atom is 0.241 e. The van der Waals surface area contributed by atoms with E-state index in [1.165, 1.54) is 34.4 Å². The Bertz CT molecular complexity index is 1790. The molecule has 2 aromatic carbocycles. The molecule has 4 amide bonds. The van der Waals surface area contributed by atoms with Crippen LogP contribution in [0.3, 0.4) is 0 Å². The summed E-state index contributed by atoms with van der Waals surface area (Å²) in [5.41, 5.74) is 0.332. The molecule has 45 heavy (non-hydrogen) atoms. The average Bonchev–Trinajstić information content (AvgIpc) is 3.67. The topological polar surface area (TPSA) is 104 Å². The summed E-state index contributed by atoms with van der Waals surface area (Å²) >= 11 is 7.55. The van der Waals surface area contributed by atoms with Crippen LogP contribution in [0, 0.1) is 34.9 Å². The number of phenolic OH excluding ortho intramolecular Hbond substituents is 1. The molecule has 1 saturated carbocycles. The molecule has 232 valence electrons. The van der Waals surface area contributed by atoms with E-state index in [-0.39, 0.29) is 47.0 Å². The minimum atomic E-state index is -1.30. The molecule has 2 aliphatic heterocycles. The molecule has 8 nitrogen and oxygen atoms in total. The number of benzene rings is 2. The molecule has 3 fully saturated rings. The summed E-state index contributed by atoms with van der Waals surface area (Å²) in [6, 6.07) is 12.4. The molecule has 6 unspecified atom stereocenters. The molecule has 0 bridgehead atoms. The summed E-state index contributed by atoms with van der Waals surface area (Å²) in [5, 5.41) is 12.2. The Hall–Kier alpha value is -4.02. The zero-order chi connectivity index (χ0) is 31.8. The number of carbonyl (C=O) groups excluding carboxylic acids is 4. The van der Waals surface area contributed by atoms with Crippen molar-refractivity contribution >= 4 is 52.3 Å². The lowest BCUT2D eigenvalue weighted by molar-refractivity contribution is -0.141. The van der Waals surface area contributed by atoms with Crippen LogP contribution in [-0.2, 0) is 25.7 Å². The Kier molecular flexibility index (Phi) is 7.13. The zero-order valence-electron chi connectivity index (χ0n) is 24.5. The number of ether oxygens (including phenoxy) is 1. The van der Waals surface area contributed by atoms with Gasteiger partial charge in [0.2, 0.25) is 23.6 Å². The highest BCUT2D eigenvalue weighted by atomic mass is 35.5. The summed E-state index contributed by atoms with van der Waals surface area (Å²) in [4.78, 5) is 59.8. The molecule has 2 saturated heterocycles. The number of likely N-dealkylation sites (tertiary alicyclic amines) is 1. The second kappa shape index (κ2) is 10.8. The number of imide groups is 2. The van der Waals surface area contributed by atoms with E-state index in [0.717, 1.165) is 21.4 Å². The van der Waals surface area contributed by atoms with Gasteiger partial charge in [0.1, 0.15) is 5.82 Å². The molecule has 3 aromatic rings. The van der Waals surface area contributed by atoms with E-state index in [2.05, 4.69) is 0 Å². The number of amides is 4. The molecular formula is C34H30ClFN2O6S.